The molecule has 2 nitrogen and oxygen atoms in total. The van der Waals surface area contributed by atoms with Crippen LogP contribution in [0.5, 0.6) is 0 Å². The summed E-state index contributed by atoms with van der Waals surface area (Å²) < 4.78 is 0. The van der Waals surface area contributed by atoms with Gasteiger partial charge in [-0.15, -0.1) is 11.3 Å². The van der Waals surface area contributed by atoms with Gasteiger partial charge in [0.05, 0.1) is 0 Å². The number of nitrogens with one attached hydrogen (secondary N) is 1. The molecule has 0 amide bonds. The fourth-order valence-corrected chi connectivity index (χ4v) is 2.81. The summed E-state index contributed by atoms with van der Waals surface area (Å²) >= 11 is 1.58. The second-order valence-corrected chi connectivity index (χ2v) is 5.93. The van der Waals surface area contributed by atoms with Gasteiger partial charge in [0.15, 0.2) is 0 Å². The second kappa shape index (κ2) is 5.47. The van der Waals surface area contributed by atoms with Crippen molar-refractivity contribution in [1.82, 2.24) is 5.32 Å². The highest BCUT2D eigenvalue weighted by Crippen LogP contribution is 2.25. The SMILES string of the molecule is CCCC(C)(C)NC(C)c1ccc(C#N)s1. The Hall–Kier alpha value is -0.850. The standard InChI is InChI=1S/C13H20N2S/c1-5-8-13(3,4)15-10(2)12-7-6-11(9-14)16-12/h6-7,10,15H,5,8H2,1-4H3. The summed E-state index contributed by atoms with van der Waals surface area (Å²) in [6, 6.07) is 6.43. The average Bonchev–Trinajstić information content (AvgIpc) is 2.64. The molecule has 0 aliphatic rings. The normalized spacial score (nSPS) is 13.4. The quantitative estimate of drug-likeness (QED) is 0.843. The third-order valence-electron chi connectivity index (χ3n) is 2.65. The van der Waals surface area contributed by atoms with Crippen molar-refractivity contribution < 1.29 is 0 Å². The van der Waals surface area contributed by atoms with Gasteiger partial charge in [-0.05, 0) is 39.3 Å². The minimum Gasteiger partial charge on any atom is -0.304 e. The van der Waals surface area contributed by atoms with Crippen molar-refractivity contribution in [1.29, 1.82) is 5.26 Å². The summed E-state index contributed by atoms with van der Waals surface area (Å²) in [6.45, 7) is 8.81. The Kier molecular flexibility index (Phi) is 4.52. The fourth-order valence-electron chi connectivity index (χ4n) is 2.00. The Morgan fingerprint density at radius 3 is 2.69 bits per heavy atom. The van der Waals surface area contributed by atoms with Crippen LogP contribution in [-0.4, -0.2) is 5.54 Å². The highest BCUT2D eigenvalue weighted by Gasteiger charge is 2.20. The number of nitriles is 1. The summed E-state index contributed by atoms with van der Waals surface area (Å²) in [6.07, 6.45) is 2.34. The lowest BCUT2D eigenvalue weighted by Gasteiger charge is -2.29. The highest BCUT2D eigenvalue weighted by molar-refractivity contribution is 7.12. The van der Waals surface area contributed by atoms with Crippen LogP contribution in [0.25, 0.3) is 0 Å². The van der Waals surface area contributed by atoms with E-state index < -0.39 is 0 Å². The van der Waals surface area contributed by atoms with E-state index in [1.165, 1.54) is 11.3 Å². The number of hydrogen-bond acceptors (Lipinski definition) is 3. The van der Waals surface area contributed by atoms with Crippen LogP contribution in [-0.2, 0) is 0 Å². The first-order chi connectivity index (χ1) is 7.48. The van der Waals surface area contributed by atoms with Crippen molar-refractivity contribution in [3.63, 3.8) is 0 Å². The second-order valence-electron chi connectivity index (χ2n) is 4.81. The first-order valence-corrected chi connectivity index (χ1v) is 6.57. The summed E-state index contributed by atoms with van der Waals surface area (Å²) in [5.74, 6) is 0. The van der Waals surface area contributed by atoms with E-state index in [1.54, 1.807) is 11.3 Å². The zero-order valence-electron chi connectivity index (χ0n) is 10.5. The molecule has 0 saturated carbocycles. The van der Waals surface area contributed by atoms with Crippen LogP contribution in [0.15, 0.2) is 12.1 Å². The molecular weight excluding hydrogens is 216 g/mol. The number of nitrogens with zero attached hydrogens (tertiary/aromatic N) is 1. The molecule has 0 saturated heterocycles. The van der Waals surface area contributed by atoms with Crippen molar-refractivity contribution in [3.8, 4) is 6.07 Å². The van der Waals surface area contributed by atoms with Gasteiger partial charge in [0, 0.05) is 16.5 Å². The molecule has 1 aromatic heterocycles. The minimum absolute atomic E-state index is 0.158. The molecule has 0 spiro atoms. The Bertz CT molecular complexity index is 374. The van der Waals surface area contributed by atoms with Crippen molar-refractivity contribution in [2.75, 3.05) is 0 Å². The van der Waals surface area contributed by atoms with Gasteiger partial charge in [0.25, 0.3) is 0 Å². The van der Waals surface area contributed by atoms with Crippen molar-refractivity contribution in [3.05, 3.63) is 21.9 Å². The first kappa shape index (κ1) is 13.2. The van der Waals surface area contributed by atoms with Gasteiger partial charge in [0.2, 0.25) is 0 Å². The predicted molar refractivity (Wildman–Crippen MR) is 69.6 cm³/mol. The van der Waals surface area contributed by atoms with Crippen molar-refractivity contribution in [2.24, 2.45) is 0 Å². The minimum atomic E-state index is 0.158. The molecule has 1 aromatic rings. The van der Waals surface area contributed by atoms with Crippen LogP contribution in [0, 0.1) is 11.3 Å². The van der Waals surface area contributed by atoms with Crippen LogP contribution < -0.4 is 5.32 Å². The smallest absolute Gasteiger partial charge is 0.110 e. The van der Waals surface area contributed by atoms with Gasteiger partial charge in [0.1, 0.15) is 10.9 Å². The summed E-state index contributed by atoms with van der Waals surface area (Å²) in [7, 11) is 0. The molecule has 0 aliphatic heterocycles. The lowest BCUT2D eigenvalue weighted by molar-refractivity contribution is 0.325. The van der Waals surface area contributed by atoms with Crippen LogP contribution in [0.2, 0.25) is 0 Å². The van der Waals surface area contributed by atoms with Crippen LogP contribution in [0.1, 0.15) is 56.3 Å². The average molecular weight is 236 g/mol. The lowest BCUT2D eigenvalue weighted by atomic mass is 9.97. The summed E-state index contributed by atoms with van der Waals surface area (Å²) in [5, 5.41) is 12.4. The van der Waals surface area contributed by atoms with Crippen LogP contribution in [0.4, 0.5) is 0 Å². The molecule has 1 atom stereocenters. The molecule has 1 rings (SSSR count). The monoisotopic (exact) mass is 236 g/mol. The van der Waals surface area contributed by atoms with E-state index in [9.17, 15) is 0 Å². The Balaban J connectivity index is 2.65. The van der Waals surface area contributed by atoms with E-state index in [4.69, 9.17) is 5.26 Å². The third kappa shape index (κ3) is 3.62. The maximum absolute atomic E-state index is 8.79. The zero-order valence-corrected chi connectivity index (χ0v) is 11.3. The van der Waals surface area contributed by atoms with Crippen LogP contribution in [0.3, 0.4) is 0 Å². The Labute approximate surface area is 102 Å². The number of hydrogen-bond donors (Lipinski definition) is 1. The summed E-state index contributed by atoms with van der Waals surface area (Å²) in [5.41, 5.74) is 0.158. The molecule has 0 aliphatic carbocycles. The third-order valence-corrected chi connectivity index (χ3v) is 3.82. The van der Waals surface area contributed by atoms with Gasteiger partial charge in [-0.25, -0.2) is 0 Å². The molecule has 0 radical (unpaired) electrons. The lowest BCUT2D eigenvalue weighted by Crippen LogP contribution is -2.40. The molecule has 1 N–H and O–H groups in total. The molecule has 0 aromatic carbocycles. The van der Waals surface area contributed by atoms with E-state index in [0.717, 1.165) is 11.3 Å². The fraction of sp³-hybridized carbons (Fsp3) is 0.615. The van der Waals surface area contributed by atoms with Gasteiger partial charge in [-0.3, -0.25) is 0 Å². The molecular formula is C13H20N2S. The highest BCUT2D eigenvalue weighted by atomic mass is 32.1. The van der Waals surface area contributed by atoms with Crippen LogP contribution >= 0.6 is 11.3 Å². The number of thiophene rings is 1. The molecule has 0 bridgehead atoms. The van der Waals surface area contributed by atoms with E-state index in [1.807, 2.05) is 12.1 Å². The van der Waals surface area contributed by atoms with Crippen molar-refractivity contribution in [2.45, 2.75) is 52.1 Å². The van der Waals surface area contributed by atoms with E-state index in [0.29, 0.717) is 6.04 Å². The van der Waals surface area contributed by atoms with E-state index >= 15 is 0 Å². The summed E-state index contributed by atoms with van der Waals surface area (Å²) in [4.78, 5) is 2.03. The molecule has 16 heavy (non-hydrogen) atoms. The molecule has 3 heteroatoms. The Morgan fingerprint density at radius 2 is 2.19 bits per heavy atom. The zero-order chi connectivity index (χ0) is 12.2. The number of rotatable bonds is 5. The van der Waals surface area contributed by atoms with E-state index in [2.05, 4.69) is 39.1 Å². The van der Waals surface area contributed by atoms with Crippen molar-refractivity contribution >= 4 is 11.3 Å². The maximum atomic E-state index is 8.79. The first-order valence-electron chi connectivity index (χ1n) is 5.76. The van der Waals surface area contributed by atoms with Gasteiger partial charge < -0.3 is 5.32 Å². The predicted octanol–water partition coefficient (Wildman–Crippen LogP) is 3.85. The van der Waals surface area contributed by atoms with Gasteiger partial charge in [-0.2, -0.15) is 5.26 Å². The largest absolute Gasteiger partial charge is 0.304 e. The molecule has 0 fully saturated rings. The topological polar surface area (TPSA) is 35.8 Å². The van der Waals surface area contributed by atoms with E-state index in [-0.39, 0.29) is 5.54 Å². The maximum Gasteiger partial charge on any atom is 0.110 e. The van der Waals surface area contributed by atoms with Gasteiger partial charge >= 0.3 is 0 Å². The molecule has 1 unspecified atom stereocenters. The Morgan fingerprint density at radius 1 is 1.50 bits per heavy atom. The molecule has 1 heterocycles. The molecule has 88 valence electrons. The van der Waals surface area contributed by atoms with Gasteiger partial charge in [-0.1, -0.05) is 13.3 Å².